The van der Waals surface area contributed by atoms with Crippen LogP contribution >= 0.6 is 15.9 Å². The molecular weight excluding hydrogens is 300 g/mol. The highest BCUT2D eigenvalue weighted by molar-refractivity contribution is 9.10. The van der Waals surface area contributed by atoms with Crippen LogP contribution in [0.4, 0.5) is 0 Å². The van der Waals surface area contributed by atoms with Crippen molar-refractivity contribution in [3.05, 3.63) is 41.1 Å². The number of hydrogen-bond donors (Lipinski definition) is 0. The molecule has 3 heteroatoms. The van der Waals surface area contributed by atoms with Gasteiger partial charge in [0, 0.05) is 16.2 Å². The van der Waals surface area contributed by atoms with Crippen LogP contribution in [-0.4, -0.2) is 9.78 Å². The lowest BCUT2D eigenvalue weighted by Gasteiger charge is -2.14. The molecule has 0 amide bonds. The molecule has 1 heterocycles. The summed E-state index contributed by atoms with van der Waals surface area (Å²) in [5, 5.41) is 4.59. The smallest absolute Gasteiger partial charge is 0.0568 e. The number of halogens is 1. The van der Waals surface area contributed by atoms with E-state index in [0.717, 1.165) is 4.47 Å². The van der Waals surface area contributed by atoms with Crippen molar-refractivity contribution in [3.8, 4) is 11.1 Å². The Bertz CT molecular complexity index is 539. The number of rotatable bonds is 2. The van der Waals surface area contributed by atoms with E-state index in [1.165, 1.54) is 49.7 Å². The Morgan fingerprint density at radius 1 is 1.05 bits per heavy atom. The van der Waals surface area contributed by atoms with E-state index in [-0.39, 0.29) is 0 Å². The summed E-state index contributed by atoms with van der Waals surface area (Å²) in [5.74, 6) is 0. The maximum Gasteiger partial charge on any atom is 0.0568 e. The molecule has 1 aliphatic rings. The maximum atomic E-state index is 4.59. The van der Waals surface area contributed by atoms with Gasteiger partial charge < -0.3 is 0 Å². The number of nitrogens with zero attached hydrogens (tertiary/aromatic N) is 2. The van der Waals surface area contributed by atoms with Gasteiger partial charge in [0.05, 0.1) is 12.2 Å². The molecule has 0 unspecified atom stereocenters. The van der Waals surface area contributed by atoms with Crippen LogP contribution in [0.1, 0.15) is 44.6 Å². The molecule has 1 aromatic heterocycles. The van der Waals surface area contributed by atoms with Crippen LogP contribution in [0.25, 0.3) is 11.1 Å². The average molecular weight is 319 g/mol. The molecule has 0 bridgehead atoms. The highest BCUT2D eigenvalue weighted by Gasteiger charge is 2.15. The second kappa shape index (κ2) is 5.91. The molecule has 0 saturated heterocycles. The van der Waals surface area contributed by atoms with Gasteiger partial charge in [0.1, 0.15) is 0 Å². The molecule has 3 rings (SSSR count). The van der Waals surface area contributed by atoms with E-state index in [1.807, 2.05) is 6.20 Å². The maximum absolute atomic E-state index is 4.59. The summed E-state index contributed by atoms with van der Waals surface area (Å²) in [6.45, 7) is 0. The van der Waals surface area contributed by atoms with Gasteiger partial charge in [0.25, 0.3) is 0 Å². The van der Waals surface area contributed by atoms with E-state index in [0.29, 0.717) is 6.04 Å². The Morgan fingerprint density at radius 3 is 2.58 bits per heavy atom. The number of aromatic nitrogens is 2. The van der Waals surface area contributed by atoms with Crippen molar-refractivity contribution in [2.75, 3.05) is 0 Å². The molecule has 1 saturated carbocycles. The first-order valence-electron chi connectivity index (χ1n) is 7.13. The van der Waals surface area contributed by atoms with Crippen LogP contribution in [0.3, 0.4) is 0 Å². The predicted octanol–water partition coefficient (Wildman–Crippen LogP) is 5.21. The molecule has 0 atom stereocenters. The van der Waals surface area contributed by atoms with Gasteiger partial charge in [-0.2, -0.15) is 5.10 Å². The lowest BCUT2D eigenvalue weighted by atomic mass is 10.1. The zero-order valence-corrected chi connectivity index (χ0v) is 12.6. The zero-order chi connectivity index (χ0) is 13.1. The molecule has 1 aliphatic carbocycles. The predicted molar refractivity (Wildman–Crippen MR) is 82.1 cm³/mol. The third kappa shape index (κ3) is 3.08. The minimum Gasteiger partial charge on any atom is -0.269 e. The van der Waals surface area contributed by atoms with Crippen LogP contribution in [0.2, 0.25) is 0 Å². The van der Waals surface area contributed by atoms with Crippen molar-refractivity contribution in [1.29, 1.82) is 0 Å². The van der Waals surface area contributed by atoms with Gasteiger partial charge in [-0.25, -0.2) is 0 Å². The summed E-state index contributed by atoms with van der Waals surface area (Å²) >= 11 is 3.53. The van der Waals surface area contributed by atoms with Gasteiger partial charge in [-0.1, -0.05) is 53.7 Å². The van der Waals surface area contributed by atoms with Crippen molar-refractivity contribution in [2.45, 2.75) is 44.6 Å². The number of hydrogen-bond acceptors (Lipinski definition) is 1. The monoisotopic (exact) mass is 318 g/mol. The Labute approximate surface area is 123 Å². The molecule has 0 radical (unpaired) electrons. The van der Waals surface area contributed by atoms with Crippen LogP contribution in [0, 0.1) is 0 Å². The second-order valence-electron chi connectivity index (χ2n) is 5.36. The fraction of sp³-hybridized carbons (Fsp3) is 0.438. The first-order valence-corrected chi connectivity index (χ1v) is 7.92. The summed E-state index contributed by atoms with van der Waals surface area (Å²) in [5.41, 5.74) is 2.44. The van der Waals surface area contributed by atoms with Gasteiger partial charge in [-0.15, -0.1) is 0 Å². The van der Waals surface area contributed by atoms with E-state index in [9.17, 15) is 0 Å². The largest absolute Gasteiger partial charge is 0.269 e. The van der Waals surface area contributed by atoms with Crippen molar-refractivity contribution in [3.63, 3.8) is 0 Å². The van der Waals surface area contributed by atoms with Crippen LogP contribution in [-0.2, 0) is 0 Å². The van der Waals surface area contributed by atoms with Crippen molar-refractivity contribution in [2.24, 2.45) is 0 Å². The quantitative estimate of drug-likeness (QED) is 0.695. The van der Waals surface area contributed by atoms with Gasteiger partial charge in [-0.05, 0) is 30.5 Å². The van der Waals surface area contributed by atoms with Gasteiger partial charge in [0.2, 0.25) is 0 Å². The van der Waals surface area contributed by atoms with E-state index in [2.05, 4.69) is 56.2 Å². The Morgan fingerprint density at radius 2 is 1.84 bits per heavy atom. The molecule has 0 N–H and O–H groups in total. The third-order valence-corrected chi connectivity index (χ3v) is 4.45. The van der Waals surface area contributed by atoms with Gasteiger partial charge in [-0.3, -0.25) is 4.68 Å². The molecule has 0 spiro atoms. The zero-order valence-electron chi connectivity index (χ0n) is 11.1. The summed E-state index contributed by atoms with van der Waals surface area (Å²) < 4.78 is 3.30. The van der Waals surface area contributed by atoms with E-state index in [1.54, 1.807) is 0 Å². The molecule has 0 aliphatic heterocycles. The van der Waals surface area contributed by atoms with E-state index >= 15 is 0 Å². The lowest BCUT2D eigenvalue weighted by Crippen LogP contribution is -2.08. The van der Waals surface area contributed by atoms with Crippen molar-refractivity contribution in [1.82, 2.24) is 9.78 Å². The highest BCUT2D eigenvalue weighted by atomic mass is 79.9. The van der Waals surface area contributed by atoms with Gasteiger partial charge in [0.15, 0.2) is 0 Å². The normalized spacial score (nSPS) is 17.3. The Balaban J connectivity index is 1.82. The van der Waals surface area contributed by atoms with Crippen molar-refractivity contribution < 1.29 is 0 Å². The van der Waals surface area contributed by atoms with E-state index in [4.69, 9.17) is 0 Å². The first kappa shape index (κ1) is 12.9. The molecule has 1 fully saturated rings. The third-order valence-electron chi connectivity index (χ3n) is 3.96. The fourth-order valence-electron chi connectivity index (χ4n) is 2.88. The minimum atomic E-state index is 0.600. The Hall–Kier alpha value is -1.09. The summed E-state index contributed by atoms with van der Waals surface area (Å²) in [6.07, 6.45) is 12.2. The minimum absolute atomic E-state index is 0.600. The standard InChI is InChI=1S/C16H19BrN2/c17-15-7-5-6-13(10-15)14-11-18-19(12-14)16-8-3-1-2-4-9-16/h5-7,10-12,16H,1-4,8-9H2. The summed E-state index contributed by atoms with van der Waals surface area (Å²) in [4.78, 5) is 0. The van der Waals surface area contributed by atoms with Crippen LogP contribution in [0.5, 0.6) is 0 Å². The molecule has 1 aromatic carbocycles. The van der Waals surface area contributed by atoms with Crippen LogP contribution in [0.15, 0.2) is 41.1 Å². The topological polar surface area (TPSA) is 17.8 Å². The van der Waals surface area contributed by atoms with Gasteiger partial charge >= 0.3 is 0 Å². The molecular formula is C16H19BrN2. The molecule has 19 heavy (non-hydrogen) atoms. The first-order chi connectivity index (χ1) is 9.33. The Kier molecular flexibility index (Phi) is 4.02. The molecule has 2 aromatic rings. The molecule has 100 valence electrons. The SMILES string of the molecule is Brc1cccc(-c2cnn(C3CCCCCC3)c2)c1. The van der Waals surface area contributed by atoms with E-state index < -0.39 is 0 Å². The van der Waals surface area contributed by atoms with Crippen LogP contribution < -0.4 is 0 Å². The number of benzene rings is 1. The summed E-state index contributed by atoms with van der Waals surface area (Å²) in [6, 6.07) is 9.01. The van der Waals surface area contributed by atoms with Crippen molar-refractivity contribution >= 4 is 15.9 Å². The highest BCUT2D eigenvalue weighted by Crippen LogP contribution is 2.29. The second-order valence-corrected chi connectivity index (χ2v) is 6.28. The average Bonchev–Trinajstić information content (AvgIpc) is 2.75. The lowest BCUT2D eigenvalue weighted by molar-refractivity contribution is 0.405. The molecule has 2 nitrogen and oxygen atoms in total. The summed E-state index contributed by atoms with van der Waals surface area (Å²) in [7, 11) is 0. The fourth-order valence-corrected chi connectivity index (χ4v) is 3.28.